The van der Waals surface area contributed by atoms with Gasteiger partial charge in [0.1, 0.15) is 21.2 Å². The SMILES string of the molecule is C.C[Si]1(C)C2=CC(=[N+]3CCC3)C=CC2=C(c2ccccc2C(=O)[O-])c2ccc(N3CCC3)cc21.O=C=O. The summed E-state index contributed by atoms with van der Waals surface area (Å²) in [7, 11) is -2.02. The van der Waals surface area contributed by atoms with E-state index in [4.69, 9.17) is 9.59 Å². The van der Waals surface area contributed by atoms with Gasteiger partial charge in [-0.05, 0) is 57.3 Å². The van der Waals surface area contributed by atoms with Crippen LogP contribution in [0.5, 0.6) is 0 Å². The second kappa shape index (κ2) is 10.3. The second-order valence-corrected chi connectivity index (χ2v) is 14.4. The van der Waals surface area contributed by atoms with Crippen molar-refractivity contribution in [2.24, 2.45) is 0 Å². The van der Waals surface area contributed by atoms with Crippen LogP contribution in [0.15, 0.2) is 71.5 Å². The van der Waals surface area contributed by atoms with Crippen molar-refractivity contribution in [1.82, 2.24) is 0 Å². The number of hydrogen-bond acceptors (Lipinski definition) is 5. The maximum atomic E-state index is 12.1. The highest BCUT2D eigenvalue weighted by atomic mass is 28.3. The largest absolute Gasteiger partial charge is 0.545 e. The lowest BCUT2D eigenvalue weighted by molar-refractivity contribution is -0.582. The Morgan fingerprint density at radius 2 is 1.70 bits per heavy atom. The molecule has 0 spiro atoms. The molecule has 2 fully saturated rings. The van der Waals surface area contributed by atoms with Gasteiger partial charge in [-0.25, -0.2) is 4.58 Å². The number of fused-ring (bicyclic) bond motifs is 2. The molecule has 3 heterocycles. The third-order valence-electron chi connectivity index (χ3n) is 7.75. The maximum Gasteiger partial charge on any atom is 0.373 e. The predicted molar refractivity (Wildman–Crippen MR) is 146 cm³/mol. The van der Waals surface area contributed by atoms with Crippen LogP contribution < -0.4 is 15.2 Å². The average Bonchev–Trinajstić information content (AvgIpc) is 2.78. The monoisotopic (exact) mass is 512 g/mol. The number of carboxylic acid groups (broad SMARTS) is 1. The number of benzene rings is 2. The van der Waals surface area contributed by atoms with Crippen LogP contribution in [0.1, 0.15) is 41.8 Å². The molecule has 0 N–H and O–H groups in total. The van der Waals surface area contributed by atoms with Crippen molar-refractivity contribution in [3.63, 3.8) is 0 Å². The van der Waals surface area contributed by atoms with Crippen LogP contribution in [0.3, 0.4) is 0 Å². The summed E-state index contributed by atoms with van der Waals surface area (Å²) in [6, 6.07) is 14.1. The lowest BCUT2D eigenvalue weighted by atomic mass is 9.87. The maximum absolute atomic E-state index is 12.1. The first-order valence-corrected chi connectivity index (χ1v) is 15.3. The third kappa shape index (κ3) is 4.45. The predicted octanol–water partition coefficient (Wildman–Crippen LogP) is 2.94. The summed E-state index contributed by atoms with van der Waals surface area (Å²) in [5, 5.41) is 14.9. The molecule has 0 radical (unpaired) electrons. The van der Waals surface area contributed by atoms with Gasteiger partial charge in [0.15, 0.2) is 5.71 Å². The average molecular weight is 513 g/mol. The number of aromatic carboxylic acids is 1. The zero-order valence-electron chi connectivity index (χ0n) is 20.5. The first kappa shape index (κ1) is 26.3. The van der Waals surface area contributed by atoms with E-state index in [9.17, 15) is 9.90 Å². The summed E-state index contributed by atoms with van der Waals surface area (Å²) in [4.78, 5) is 30.8. The first-order valence-electron chi connectivity index (χ1n) is 12.3. The van der Waals surface area contributed by atoms with Gasteiger partial charge in [-0.1, -0.05) is 50.9 Å². The highest BCUT2D eigenvalue weighted by Crippen LogP contribution is 2.43. The van der Waals surface area contributed by atoms with Crippen molar-refractivity contribution in [2.45, 2.75) is 33.4 Å². The van der Waals surface area contributed by atoms with Gasteiger partial charge in [0.25, 0.3) is 0 Å². The molecule has 190 valence electrons. The second-order valence-electron chi connectivity index (χ2n) is 10.1. The van der Waals surface area contributed by atoms with Crippen molar-refractivity contribution in [2.75, 3.05) is 31.1 Å². The molecule has 0 aromatic heterocycles. The molecule has 7 heteroatoms. The van der Waals surface area contributed by atoms with Crippen LogP contribution in [0.4, 0.5) is 5.69 Å². The molecule has 0 atom stereocenters. The molecule has 2 aromatic rings. The van der Waals surface area contributed by atoms with Crippen LogP contribution in [0, 0.1) is 0 Å². The molecule has 1 aliphatic carbocycles. The van der Waals surface area contributed by atoms with Crippen LogP contribution in [-0.4, -0.2) is 56.7 Å². The number of carbonyl (C=O) groups is 1. The van der Waals surface area contributed by atoms with Crippen LogP contribution in [0.25, 0.3) is 5.57 Å². The van der Waals surface area contributed by atoms with Crippen LogP contribution >= 0.6 is 0 Å². The number of carboxylic acids is 1. The number of rotatable bonds is 3. The molecule has 0 bridgehead atoms. The van der Waals surface area contributed by atoms with Gasteiger partial charge >= 0.3 is 6.15 Å². The molecular weight excluding hydrogens is 480 g/mol. The van der Waals surface area contributed by atoms with E-state index in [0.29, 0.717) is 0 Å². The van der Waals surface area contributed by atoms with E-state index in [2.05, 4.69) is 59.0 Å². The van der Waals surface area contributed by atoms with Crippen molar-refractivity contribution < 1.29 is 24.1 Å². The Morgan fingerprint density at radius 3 is 2.30 bits per heavy atom. The summed E-state index contributed by atoms with van der Waals surface area (Å²) >= 11 is 0. The fraction of sp³-hybridized carbons (Fsp3) is 0.300. The molecule has 0 amide bonds. The van der Waals surface area contributed by atoms with E-state index in [0.717, 1.165) is 37.3 Å². The van der Waals surface area contributed by atoms with E-state index in [-0.39, 0.29) is 19.1 Å². The van der Waals surface area contributed by atoms with Crippen molar-refractivity contribution in [1.29, 1.82) is 0 Å². The van der Waals surface area contributed by atoms with Gasteiger partial charge in [0.2, 0.25) is 0 Å². The minimum absolute atomic E-state index is 0. The molecule has 37 heavy (non-hydrogen) atoms. The fourth-order valence-electron chi connectivity index (χ4n) is 5.54. The summed E-state index contributed by atoms with van der Waals surface area (Å²) < 4.78 is 2.44. The lowest BCUT2D eigenvalue weighted by Crippen LogP contribution is -2.50. The van der Waals surface area contributed by atoms with Gasteiger partial charge in [-0.15, -0.1) is 0 Å². The van der Waals surface area contributed by atoms with Crippen LogP contribution in [0.2, 0.25) is 13.1 Å². The Labute approximate surface area is 219 Å². The van der Waals surface area contributed by atoms with Crippen molar-refractivity contribution in [3.8, 4) is 0 Å². The number of nitrogens with zero attached hydrogens (tertiary/aromatic N) is 2. The normalized spacial score (nSPS) is 18.5. The molecule has 6 rings (SSSR count). The van der Waals surface area contributed by atoms with Gasteiger partial charge in [0.05, 0.1) is 12.4 Å². The molecule has 0 saturated carbocycles. The van der Waals surface area contributed by atoms with Gasteiger partial charge < -0.3 is 14.8 Å². The number of carbonyl (C=O) groups excluding carboxylic acids is 3. The Balaban J connectivity index is 0.000000765. The third-order valence-corrected chi connectivity index (χ3v) is 11.3. The van der Waals surface area contributed by atoms with Crippen LogP contribution in [-0.2, 0) is 9.59 Å². The highest BCUT2D eigenvalue weighted by Gasteiger charge is 2.41. The summed E-state index contributed by atoms with van der Waals surface area (Å²) in [6.07, 6.45) is 9.57. The standard InChI is InChI=1S/C28H28N2O2Si.CO2.CH4/c1-33(2)25-17-19(29-13-5-14-29)9-11-23(25)27(21-7-3-4-8-22(21)28(31)32)24-12-10-20(18-26(24)33)30-15-6-16-30;2-1-3;/h3-4,7-12,17-18H,5-6,13-16H2,1-2H3;;1H4. The minimum Gasteiger partial charge on any atom is -0.545 e. The first-order chi connectivity index (χ1) is 17.4. The highest BCUT2D eigenvalue weighted by molar-refractivity contribution is 6.98. The topological polar surface area (TPSA) is 80.5 Å². The van der Waals surface area contributed by atoms with E-state index in [1.807, 2.05) is 12.1 Å². The Bertz CT molecular complexity index is 1410. The summed E-state index contributed by atoms with van der Waals surface area (Å²) in [6.45, 7) is 9.32. The molecule has 6 nitrogen and oxygen atoms in total. The molecular formula is C30H32N2O4Si. The van der Waals surface area contributed by atoms with Crippen molar-refractivity contribution >= 4 is 42.4 Å². The van der Waals surface area contributed by atoms with Gasteiger partial charge in [-0.2, -0.15) is 9.59 Å². The van der Waals surface area contributed by atoms with E-state index in [1.54, 1.807) is 12.1 Å². The Morgan fingerprint density at radius 1 is 1.00 bits per heavy atom. The quantitative estimate of drug-likeness (QED) is 0.467. The fourth-order valence-corrected chi connectivity index (χ4v) is 8.61. The molecule has 0 unspecified atom stereocenters. The van der Waals surface area contributed by atoms with Crippen molar-refractivity contribution in [3.05, 3.63) is 88.2 Å². The van der Waals surface area contributed by atoms with Gasteiger partial charge in [-0.3, -0.25) is 0 Å². The smallest absolute Gasteiger partial charge is 0.373 e. The number of anilines is 1. The van der Waals surface area contributed by atoms with Gasteiger partial charge in [0, 0.05) is 36.5 Å². The molecule has 4 aliphatic rings. The van der Waals surface area contributed by atoms with E-state index >= 15 is 0 Å². The Hall–Kier alpha value is -3.80. The summed E-state index contributed by atoms with van der Waals surface area (Å²) in [5.41, 5.74) is 6.95. The van der Waals surface area contributed by atoms with E-state index < -0.39 is 14.0 Å². The molecule has 3 aliphatic heterocycles. The zero-order chi connectivity index (χ0) is 25.4. The number of hydrogen-bond donors (Lipinski definition) is 0. The lowest BCUT2D eigenvalue weighted by Gasteiger charge is -2.40. The molecule has 2 saturated heterocycles. The molecule has 2 aromatic carbocycles. The zero-order valence-corrected chi connectivity index (χ0v) is 21.5. The minimum atomic E-state index is -2.02. The Kier molecular flexibility index (Phi) is 7.30. The summed E-state index contributed by atoms with van der Waals surface area (Å²) in [5.74, 6) is -1.13. The van der Waals surface area contributed by atoms with E-state index in [1.165, 1.54) is 45.8 Å². The number of allylic oxidation sites excluding steroid dienone is 5.